The van der Waals surface area contributed by atoms with Crippen molar-refractivity contribution in [3.05, 3.63) is 63.3 Å². The zero-order chi connectivity index (χ0) is 21.0. The molecule has 1 N–H and O–H groups in total. The molecule has 0 atom stereocenters. The van der Waals surface area contributed by atoms with Gasteiger partial charge in [0.15, 0.2) is 0 Å². The molecule has 152 valence electrons. The van der Waals surface area contributed by atoms with E-state index in [2.05, 4.69) is 15.3 Å². The molecule has 29 heavy (non-hydrogen) atoms. The smallest absolute Gasteiger partial charge is 0.365 e. The minimum atomic E-state index is -4.39. The molecule has 2 aromatic heterocycles. The van der Waals surface area contributed by atoms with Crippen LogP contribution in [-0.4, -0.2) is 14.5 Å². The number of anilines is 1. The van der Waals surface area contributed by atoms with E-state index in [0.717, 1.165) is 18.9 Å². The Morgan fingerprint density at radius 1 is 1.21 bits per heavy atom. The molecule has 8 heteroatoms. The van der Waals surface area contributed by atoms with E-state index < -0.39 is 11.7 Å². The number of nitrogens with zero attached hydrogens (tertiary/aromatic N) is 3. The van der Waals surface area contributed by atoms with Crippen LogP contribution in [0.5, 0.6) is 0 Å². The Morgan fingerprint density at radius 2 is 1.93 bits per heavy atom. The molecule has 2 heterocycles. The fourth-order valence-corrected chi connectivity index (χ4v) is 3.56. The van der Waals surface area contributed by atoms with Crippen molar-refractivity contribution < 1.29 is 13.2 Å². The summed E-state index contributed by atoms with van der Waals surface area (Å²) >= 11 is 0. The summed E-state index contributed by atoms with van der Waals surface area (Å²) in [6.45, 7) is 5.38. The van der Waals surface area contributed by atoms with Gasteiger partial charge >= 0.3 is 6.18 Å². The van der Waals surface area contributed by atoms with Gasteiger partial charge in [0, 0.05) is 24.3 Å². The molecular weight excluding hydrogens is 381 g/mol. The summed E-state index contributed by atoms with van der Waals surface area (Å²) < 4.78 is 41.2. The van der Waals surface area contributed by atoms with Crippen LogP contribution in [0.25, 0.3) is 10.9 Å². The number of alkyl halides is 3. The summed E-state index contributed by atoms with van der Waals surface area (Å²) in [6, 6.07) is 5.64. The number of aromatic nitrogens is 3. The maximum absolute atomic E-state index is 13.2. The Hall–Kier alpha value is -2.90. The van der Waals surface area contributed by atoms with Crippen molar-refractivity contribution in [3.8, 4) is 0 Å². The zero-order valence-electron chi connectivity index (χ0n) is 16.4. The van der Waals surface area contributed by atoms with Crippen LogP contribution in [0, 0.1) is 13.8 Å². The van der Waals surface area contributed by atoms with Gasteiger partial charge in [-0.1, -0.05) is 12.1 Å². The van der Waals surface area contributed by atoms with Gasteiger partial charge in [0.1, 0.15) is 11.6 Å². The number of halogens is 3. The van der Waals surface area contributed by atoms with Crippen LogP contribution >= 0.6 is 0 Å². The van der Waals surface area contributed by atoms with Gasteiger partial charge < -0.3 is 9.88 Å². The highest BCUT2D eigenvalue weighted by Crippen LogP contribution is 2.42. The van der Waals surface area contributed by atoms with Gasteiger partial charge in [0.2, 0.25) is 0 Å². The van der Waals surface area contributed by atoms with Gasteiger partial charge in [0.25, 0.3) is 5.56 Å². The lowest BCUT2D eigenvalue weighted by atomic mass is 10.0. The number of aryl methyl sites for hydroxylation is 1. The van der Waals surface area contributed by atoms with E-state index in [-0.39, 0.29) is 23.2 Å². The topological polar surface area (TPSA) is 59.8 Å². The molecular formula is C21H21F3N4O. The second-order valence-corrected chi connectivity index (χ2v) is 7.84. The molecule has 0 radical (unpaired) electrons. The Kier molecular flexibility index (Phi) is 4.40. The molecule has 3 aromatic rings. The largest absolute Gasteiger partial charge is 0.416 e. The van der Waals surface area contributed by atoms with E-state index in [9.17, 15) is 18.0 Å². The summed E-state index contributed by atoms with van der Waals surface area (Å²) in [6.07, 6.45) is -0.784. The van der Waals surface area contributed by atoms with Gasteiger partial charge in [-0.15, -0.1) is 0 Å². The first-order valence-electron chi connectivity index (χ1n) is 9.40. The summed E-state index contributed by atoms with van der Waals surface area (Å²) in [5, 5.41) is 3.82. The summed E-state index contributed by atoms with van der Waals surface area (Å²) in [5.41, 5.74) is 0.291. The van der Waals surface area contributed by atoms with Crippen LogP contribution in [0.1, 0.15) is 42.3 Å². The van der Waals surface area contributed by atoms with Gasteiger partial charge in [-0.05, 0) is 50.8 Å². The maximum Gasteiger partial charge on any atom is 0.416 e. The first-order chi connectivity index (χ1) is 13.6. The minimum absolute atomic E-state index is 0.115. The molecule has 0 unspecified atom stereocenters. The van der Waals surface area contributed by atoms with Crippen LogP contribution in [0.2, 0.25) is 0 Å². The molecule has 0 aliphatic heterocycles. The summed E-state index contributed by atoms with van der Waals surface area (Å²) in [4.78, 5) is 21.3. The third kappa shape index (κ3) is 3.59. The van der Waals surface area contributed by atoms with E-state index in [1.165, 1.54) is 19.1 Å². The Balaban J connectivity index is 1.73. The number of fused-ring (bicyclic) bond motifs is 1. The first-order valence-corrected chi connectivity index (χ1v) is 9.40. The lowest BCUT2D eigenvalue weighted by Crippen LogP contribution is -2.27. The molecule has 0 spiro atoms. The van der Waals surface area contributed by atoms with Crippen molar-refractivity contribution in [2.24, 2.45) is 0 Å². The highest BCUT2D eigenvalue weighted by atomic mass is 19.4. The van der Waals surface area contributed by atoms with Crippen molar-refractivity contribution in [3.63, 3.8) is 0 Å². The molecule has 4 rings (SSSR count). The average molecular weight is 402 g/mol. The second-order valence-electron chi connectivity index (χ2n) is 7.84. The minimum Gasteiger partial charge on any atom is -0.365 e. The van der Waals surface area contributed by atoms with Crippen molar-refractivity contribution in [2.45, 2.75) is 51.9 Å². The van der Waals surface area contributed by atoms with Crippen LogP contribution in [-0.2, 0) is 18.3 Å². The second kappa shape index (κ2) is 6.57. The van der Waals surface area contributed by atoms with E-state index >= 15 is 0 Å². The highest BCUT2D eigenvalue weighted by molar-refractivity contribution is 5.88. The molecule has 1 saturated carbocycles. The SMILES string of the molecule is Cc1nc(NCc2cccc(C(F)(F)F)c2C)c2cn(C3(C)CC3)c(=O)cc2n1. The normalized spacial score (nSPS) is 15.5. The Bertz CT molecular complexity index is 1160. The van der Waals surface area contributed by atoms with Crippen LogP contribution in [0.15, 0.2) is 35.3 Å². The molecule has 5 nitrogen and oxygen atoms in total. The van der Waals surface area contributed by atoms with E-state index in [1.54, 1.807) is 23.8 Å². The van der Waals surface area contributed by atoms with Crippen molar-refractivity contribution in [1.82, 2.24) is 14.5 Å². The lowest BCUT2D eigenvalue weighted by molar-refractivity contribution is -0.138. The quantitative estimate of drug-likeness (QED) is 0.696. The molecule has 1 aliphatic rings. The number of nitrogens with one attached hydrogen (secondary N) is 1. The van der Waals surface area contributed by atoms with E-state index in [4.69, 9.17) is 0 Å². The van der Waals surface area contributed by atoms with Crippen LogP contribution in [0.4, 0.5) is 19.0 Å². The standard InChI is InChI=1S/C21H21F3N4O/c1-12-14(5-4-6-16(12)21(22,23)24)10-25-19-15-11-28(20(3)7-8-20)18(29)9-17(15)26-13(2)27-19/h4-6,9,11H,7-8,10H2,1-3H3,(H,25,26,27). The molecule has 0 saturated heterocycles. The predicted molar refractivity (Wildman–Crippen MR) is 105 cm³/mol. The third-order valence-corrected chi connectivity index (χ3v) is 5.60. The summed E-state index contributed by atoms with van der Waals surface area (Å²) in [7, 11) is 0. The fraction of sp³-hybridized carbons (Fsp3) is 0.381. The molecule has 0 bridgehead atoms. The maximum atomic E-state index is 13.2. The number of benzene rings is 1. The van der Waals surface area contributed by atoms with Gasteiger partial charge in [0.05, 0.1) is 16.5 Å². The molecule has 1 aliphatic carbocycles. The van der Waals surface area contributed by atoms with Gasteiger partial charge in [-0.25, -0.2) is 9.97 Å². The van der Waals surface area contributed by atoms with E-state index in [1.807, 2.05) is 6.92 Å². The van der Waals surface area contributed by atoms with Gasteiger partial charge in [-0.2, -0.15) is 13.2 Å². The van der Waals surface area contributed by atoms with Crippen LogP contribution < -0.4 is 10.9 Å². The number of hydrogen-bond donors (Lipinski definition) is 1. The van der Waals surface area contributed by atoms with Crippen LogP contribution in [0.3, 0.4) is 0 Å². The highest BCUT2D eigenvalue weighted by Gasteiger charge is 2.40. The Morgan fingerprint density at radius 3 is 2.59 bits per heavy atom. The van der Waals surface area contributed by atoms with Crippen molar-refractivity contribution in [1.29, 1.82) is 0 Å². The monoisotopic (exact) mass is 402 g/mol. The molecule has 1 fully saturated rings. The van der Waals surface area contributed by atoms with Gasteiger partial charge in [-0.3, -0.25) is 4.79 Å². The van der Waals surface area contributed by atoms with Crippen molar-refractivity contribution in [2.75, 3.05) is 5.32 Å². The first kappa shape index (κ1) is 19.4. The van der Waals surface area contributed by atoms with E-state index in [0.29, 0.717) is 28.1 Å². The summed E-state index contributed by atoms with van der Waals surface area (Å²) in [5.74, 6) is 0.984. The third-order valence-electron chi connectivity index (χ3n) is 5.60. The number of rotatable bonds is 4. The fourth-order valence-electron chi connectivity index (χ4n) is 3.56. The Labute approximate surface area is 165 Å². The predicted octanol–water partition coefficient (Wildman–Crippen LogP) is 4.55. The zero-order valence-corrected chi connectivity index (χ0v) is 16.4. The number of pyridine rings is 1. The lowest BCUT2D eigenvalue weighted by Gasteiger charge is -2.17. The number of hydrogen-bond acceptors (Lipinski definition) is 4. The molecule has 1 aromatic carbocycles. The van der Waals surface area contributed by atoms with Crippen molar-refractivity contribution >= 4 is 16.7 Å². The average Bonchev–Trinajstić information content (AvgIpc) is 3.37. The molecule has 0 amide bonds.